The summed E-state index contributed by atoms with van der Waals surface area (Å²) < 4.78 is 2.01. The Bertz CT molecular complexity index is 898. The number of fused-ring (bicyclic) bond motifs is 1. The third kappa shape index (κ3) is 4.91. The summed E-state index contributed by atoms with van der Waals surface area (Å²) >= 11 is 0. The lowest BCUT2D eigenvalue weighted by atomic mass is 9.90. The molecule has 31 heavy (non-hydrogen) atoms. The molecule has 0 saturated carbocycles. The molecule has 4 rings (SSSR count). The van der Waals surface area contributed by atoms with E-state index in [2.05, 4.69) is 60.8 Å². The summed E-state index contributed by atoms with van der Waals surface area (Å²) in [6.07, 6.45) is 5.88. The smallest absolute Gasteiger partial charge is 0.274 e. The van der Waals surface area contributed by atoms with Crippen LogP contribution >= 0.6 is 0 Å². The van der Waals surface area contributed by atoms with Crippen LogP contribution in [-0.2, 0) is 25.8 Å². The van der Waals surface area contributed by atoms with Gasteiger partial charge in [0.1, 0.15) is 0 Å². The molecule has 1 aromatic carbocycles. The summed E-state index contributed by atoms with van der Waals surface area (Å²) in [5.41, 5.74) is 4.43. The largest absolute Gasteiger partial charge is 0.335 e. The molecule has 1 aromatic heterocycles. The molecule has 2 heterocycles. The zero-order valence-corrected chi connectivity index (χ0v) is 19.0. The lowest BCUT2D eigenvalue weighted by Crippen LogP contribution is -2.47. The van der Waals surface area contributed by atoms with Crippen LogP contribution in [0.1, 0.15) is 33.7 Å². The van der Waals surface area contributed by atoms with Gasteiger partial charge in [-0.2, -0.15) is 5.10 Å². The van der Waals surface area contributed by atoms with Crippen LogP contribution in [-0.4, -0.2) is 83.2 Å². The minimum Gasteiger partial charge on any atom is -0.335 e. The minimum absolute atomic E-state index is 0.0970. The highest BCUT2D eigenvalue weighted by molar-refractivity contribution is 5.94. The van der Waals surface area contributed by atoms with E-state index in [1.807, 2.05) is 15.7 Å². The first-order chi connectivity index (χ1) is 15.1. The molecule has 0 N–H and O–H groups in total. The SMILES string of the molecule is C=CCn1nc(C(=O)N2CCN(C)CC2)c2c1CCC(N(C)CCc1ccccc1)C2. The van der Waals surface area contributed by atoms with Gasteiger partial charge in [-0.05, 0) is 45.3 Å². The fourth-order valence-corrected chi connectivity index (χ4v) is 4.78. The predicted molar refractivity (Wildman–Crippen MR) is 124 cm³/mol. The topological polar surface area (TPSA) is 44.6 Å². The molecule has 6 heteroatoms. The Morgan fingerprint density at radius 1 is 1.23 bits per heavy atom. The number of amides is 1. The molecule has 2 aliphatic rings. The highest BCUT2D eigenvalue weighted by Gasteiger charge is 2.32. The number of allylic oxidation sites excluding steroid dienone is 1. The number of carbonyl (C=O) groups is 1. The van der Waals surface area contributed by atoms with Gasteiger partial charge in [0.05, 0.1) is 6.54 Å². The van der Waals surface area contributed by atoms with Gasteiger partial charge in [0.25, 0.3) is 5.91 Å². The van der Waals surface area contributed by atoms with Gasteiger partial charge < -0.3 is 14.7 Å². The normalized spacial score (nSPS) is 19.5. The molecule has 6 nitrogen and oxygen atoms in total. The average molecular weight is 422 g/mol. The zero-order chi connectivity index (χ0) is 21.8. The second kappa shape index (κ2) is 9.79. The lowest BCUT2D eigenvalue weighted by molar-refractivity contribution is 0.0655. The Balaban J connectivity index is 1.49. The first kappa shape index (κ1) is 21.8. The summed E-state index contributed by atoms with van der Waals surface area (Å²) in [6, 6.07) is 11.1. The highest BCUT2D eigenvalue weighted by atomic mass is 16.2. The first-order valence-electron chi connectivity index (χ1n) is 11.5. The van der Waals surface area contributed by atoms with Crippen LogP contribution in [0.5, 0.6) is 0 Å². The number of piperazine rings is 1. The van der Waals surface area contributed by atoms with Crippen molar-refractivity contribution in [3.05, 3.63) is 65.5 Å². The summed E-state index contributed by atoms with van der Waals surface area (Å²) in [7, 11) is 4.33. The summed E-state index contributed by atoms with van der Waals surface area (Å²) in [4.78, 5) is 20.1. The molecule has 1 unspecified atom stereocenters. The third-order valence-corrected chi connectivity index (χ3v) is 6.84. The second-order valence-corrected chi connectivity index (χ2v) is 8.95. The monoisotopic (exact) mass is 421 g/mol. The van der Waals surface area contributed by atoms with Gasteiger partial charge in [-0.25, -0.2) is 0 Å². The first-order valence-corrected chi connectivity index (χ1v) is 11.5. The Morgan fingerprint density at radius 3 is 2.68 bits per heavy atom. The predicted octanol–water partition coefficient (Wildman–Crippen LogP) is 2.49. The van der Waals surface area contributed by atoms with Crippen LogP contribution in [0.3, 0.4) is 0 Å². The molecular weight excluding hydrogens is 386 g/mol. The molecule has 1 atom stereocenters. The third-order valence-electron chi connectivity index (χ3n) is 6.84. The maximum atomic E-state index is 13.4. The van der Waals surface area contributed by atoms with E-state index in [1.165, 1.54) is 11.3 Å². The van der Waals surface area contributed by atoms with Gasteiger partial charge >= 0.3 is 0 Å². The van der Waals surface area contributed by atoms with Gasteiger partial charge in [-0.15, -0.1) is 6.58 Å². The number of hydrogen-bond donors (Lipinski definition) is 0. The fourth-order valence-electron chi connectivity index (χ4n) is 4.78. The number of carbonyl (C=O) groups excluding carboxylic acids is 1. The van der Waals surface area contributed by atoms with Crippen molar-refractivity contribution in [2.24, 2.45) is 0 Å². The Hall–Kier alpha value is -2.44. The van der Waals surface area contributed by atoms with E-state index < -0.39 is 0 Å². The standard InChI is InChI=1S/C25H35N5O/c1-4-13-30-23-11-10-21(28(3)14-12-20-8-6-5-7-9-20)19-22(23)24(26-30)25(31)29-17-15-27(2)16-18-29/h4-9,21H,1,10-19H2,2-3H3. The molecular formula is C25H35N5O. The van der Waals surface area contributed by atoms with Crippen molar-refractivity contribution in [3.8, 4) is 0 Å². The molecule has 0 radical (unpaired) electrons. The van der Waals surface area contributed by atoms with E-state index >= 15 is 0 Å². The fraction of sp³-hybridized carbons (Fsp3) is 0.520. The number of nitrogens with zero attached hydrogens (tertiary/aromatic N) is 5. The summed E-state index contributed by atoms with van der Waals surface area (Å²) in [6.45, 7) is 8.96. The highest BCUT2D eigenvalue weighted by Crippen LogP contribution is 2.28. The molecule has 1 fully saturated rings. The summed E-state index contributed by atoms with van der Waals surface area (Å²) in [5, 5.41) is 4.79. The van der Waals surface area contributed by atoms with Crippen LogP contribution in [0.4, 0.5) is 0 Å². The molecule has 1 aliphatic heterocycles. The Morgan fingerprint density at radius 2 is 1.97 bits per heavy atom. The van der Waals surface area contributed by atoms with Crippen molar-refractivity contribution in [2.45, 2.75) is 38.3 Å². The number of hydrogen-bond acceptors (Lipinski definition) is 4. The molecule has 0 bridgehead atoms. The van der Waals surface area contributed by atoms with E-state index in [9.17, 15) is 4.79 Å². The van der Waals surface area contributed by atoms with Crippen LogP contribution < -0.4 is 0 Å². The van der Waals surface area contributed by atoms with Crippen molar-refractivity contribution < 1.29 is 4.79 Å². The van der Waals surface area contributed by atoms with Crippen molar-refractivity contribution in [2.75, 3.05) is 46.8 Å². The van der Waals surface area contributed by atoms with Gasteiger partial charge in [-0.1, -0.05) is 36.4 Å². The second-order valence-electron chi connectivity index (χ2n) is 8.95. The number of rotatable bonds is 7. The average Bonchev–Trinajstić information content (AvgIpc) is 3.16. The number of likely N-dealkylation sites (N-methyl/N-ethyl adjacent to an activating group) is 2. The van der Waals surface area contributed by atoms with Gasteiger partial charge in [0, 0.05) is 50.0 Å². The van der Waals surface area contributed by atoms with Gasteiger partial charge in [0.15, 0.2) is 5.69 Å². The minimum atomic E-state index is 0.0970. The van der Waals surface area contributed by atoms with E-state index in [1.54, 1.807) is 0 Å². The molecule has 1 aliphatic carbocycles. The molecule has 2 aromatic rings. The molecule has 1 amide bonds. The maximum Gasteiger partial charge on any atom is 0.274 e. The lowest BCUT2D eigenvalue weighted by Gasteiger charge is -2.33. The molecule has 166 valence electrons. The van der Waals surface area contributed by atoms with Crippen LogP contribution in [0.15, 0.2) is 43.0 Å². The van der Waals surface area contributed by atoms with E-state index in [0.29, 0.717) is 18.3 Å². The van der Waals surface area contributed by atoms with Crippen LogP contribution in [0.2, 0.25) is 0 Å². The van der Waals surface area contributed by atoms with Crippen molar-refractivity contribution in [1.29, 1.82) is 0 Å². The van der Waals surface area contributed by atoms with E-state index in [0.717, 1.165) is 64.0 Å². The Kier molecular flexibility index (Phi) is 6.88. The van der Waals surface area contributed by atoms with Crippen molar-refractivity contribution >= 4 is 5.91 Å². The molecule has 1 saturated heterocycles. The van der Waals surface area contributed by atoms with E-state index in [4.69, 9.17) is 5.10 Å². The van der Waals surface area contributed by atoms with Crippen LogP contribution in [0.25, 0.3) is 0 Å². The van der Waals surface area contributed by atoms with Crippen LogP contribution in [0, 0.1) is 0 Å². The maximum absolute atomic E-state index is 13.4. The Labute approximate surface area is 186 Å². The summed E-state index contributed by atoms with van der Waals surface area (Å²) in [5.74, 6) is 0.0970. The zero-order valence-electron chi connectivity index (χ0n) is 19.0. The van der Waals surface area contributed by atoms with E-state index in [-0.39, 0.29) is 5.91 Å². The number of aromatic nitrogens is 2. The van der Waals surface area contributed by atoms with Crippen molar-refractivity contribution in [3.63, 3.8) is 0 Å². The quantitative estimate of drug-likeness (QED) is 0.645. The number of benzene rings is 1. The van der Waals surface area contributed by atoms with Crippen molar-refractivity contribution in [1.82, 2.24) is 24.5 Å². The molecule has 0 spiro atoms. The van der Waals surface area contributed by atoms with Gasteiger partial charge in [0.2, 0.25) is 0 Å². The van der Waals surface area contributed by atoms with Gasteiger partial charge in [-0.3, -0.25) is 9.48 Å².